The van der Waals surface area contributed by atoms with Crippen LogP contribution in [0.3, 0.4) is 0 Å². The minimum Gasteiger partial charge on any atom is -0.117 e. The fourth-order valence-corrected chi connectivity index (χ4v) is 9.05. The third kappa shape index (κ3) is 1.02. The van der Waals surface area contributed by atoms with E-state index in [0.717, 1.165) is 11.0 Å². The first-order chi connectivity index (χ1) is 9.45. The van der Waals surface area contributed by atoms with E-state index >= 15 is 0 Å². The highest BCUT2D eigenvalue weighted by Gasteiger charge is 2.90. The number of rotatable bonds is 0. The van der Waals surface area contributed by atoms with Gasteiger partial charge in [0.1, 0.15) is 4.33 Å². The van der Waals surface area contributed by atoms with E-state index in [-0.39, 0.29) is 5.38 Å². The molecule has 0 nitrogen and oxygen atoms in total. The van der Waals surface area contributed by atoms with Crippen molar-refractivity contribution in [3.05, 3.63) is 11.1 Å². The summed E-state index contributed by atoms with van der Waals surface area (Å²) in [5, 5.41) is 0.941. The second-order valence-corrected chi connectivity index (χ2v) is 10.6. The molecule has 4 heteroatoms. The van der Waals surface area contributed by atoms with E-state index in [1.807, 2.05) is 0 Å². The molecule has 0 aromatic carbocycles. The van der Waals surface area contributed by atoms with Crippen molar-refractivity contribution in [1.82, 2.24) is 0 Å². The van der Waals surface area contributed by atoms with Crippen molar-refractivity contribution < 1.29 is 0 Å². The van der Waals surface area contributed by atoms with Crippen LogP contribution in [-0.2, 0) is 0 Å². The molecule has 0 aliphatic heterocycles. The van der Waals surface area contributed by atoms with Crippen LogP contribution in [-0.4, -0.2) is 9.71 Å². The van der Waals surface area contributed by atoms with Gasteiger partial charge in [-0.2, -0.15) is 0 Å². The van der Waals surface area contributed by atoms with Gasteiger partial charge in [-0.1, -0.05) is 17.7 Å². The summed E-state index contributed by atoms with van der Waals surface area (Å²) < 4.78 is -0.451. The van der Waals surface area contributed by atoms with Gasteiger partial charge in [0.05, 0.1) is 5.38 Å². The van der Waals surface area contributed by atoms with Crippen molar-refractivity contribution in [1.29, 1.82) is 0 Å². The molecule has 2 bridgehead atoms. The van der Waals surface area contributed by atoms with E-state index in [0.29, 0.717) is 40.4 Å². The Morgan fingerprint density at radius 2 is 1.60 bits per heavy atom. The zero-order chi connectivity index (χ0) is 13.7. The van der Waals surface area contributed by atoms with Gasteiger partial charge < -0.3 is 0 Å². The van der Waals surface area contributed by atoms with E-state index in [2.05, 4.69) is 6.08 Å². The maximum absolute atomic E-state index is 6.77. The minimum atomic E-state index is -0.451. The van der Waals surface area contributed by atoms with Crippen molar-refractivity contribution in [3.63, 3.8) is 0 Å². The number of hydrogen-bond donors (Lipinski definition) is 0. The van der Waals surface area contributed by atoms with Crippen molar-refractivity contribution in [2.45, 2.75) is 35.4 Å². The van der Waals surface area contributed by atoms with Gasteiger partial charge >= 0.3 is 0 Å². The summed E-state index contributed by atoms with van der Waals surface area (Å²) in [6.07, 6.45) is 7.61. The summed E-state index contributed by atoms with van der Waals surface area (Å²) in [7, 11) is 0. The van der Waals surface area contributed by atoms with Crippen LogP contribution in [0.4, 0.5) is 0 Å². The molecule has 0 N–H and O–H groups in total. The maximum Gasteiger partial charge on any atom is 0.125 e. The molecule has 6 aliphatic carbocycles. The van der Waals surface area contributed by atoms with E-state index < -0.39 is 4.33 Å². The molecule has 6 aliphatic rings. The van der Waals surface area contributed by atoms with Gasteiger partial charge in [-0.05, 0) is 60.2 Å². The number of allylic oxidation sites excluding steroid dienone is 2. The Morgan fingerprint density at radius 1 is 0.950 bits per heavy atom. The van der Waals surface area contributed by atoms with Gasteiger partial charge in [0, 0.05) is 16.9 Å². The molecule has 0 unspecified atom stereocenters. The monoisotopic (exact) mass is 348 g/mol. The molecule has 0 saturated heterocycles. The summed E-state index contributed by atoms with van der Waals surface area (Å²) in [6, 6.07) is 0. The van der Waals surface area contributed by atoms with Crippen LogP contribution in [0, 0.1) is 46.3 Å². The first-order valence-electron chi connectivity index (χ1n) is 7.84. The lowest BCUT2D eigenvalue weighted by Gasteiger charge is -2.36. The lowest BCUT2D eigenvalue weighted by Crippen LogP contribution is -2.35. The molecule has 0 aromatic heterocycles. The summed E-state index contributed by atoms with van der Waals surface area (Å²) in [6.45, 7) is 0. The second kappa shape index (κ2) is 3.10. The Labute approximate surface area is 139 Å². The van der Waals surface area contributed by atoms with Crippen molar-refractivity contribution in [2.75, 3.05) is 0 Å². The summed E-state index contributed by atoms with van der Waals surface area (Å²) in [4.78, 5) is 0. The molecule has 0 aromatic rings. The Kier molecular flexibility index (Phi) is 1.91. The van der Waals surface area contributed by atoms with Gasteiger partial charge in [0.15, 0.2) is 0 Å². The van der Waals surface area contributed by atoms with Gasteiger partial charge in [-0.15, -0.1) is 34.8 Å². The van der Waals surface area contributed by atoms with Gasteiger partial charge in [-0.25, -0.2) is 0 Å². The van der Waals surface area contributed by atoms with E-state index in [4.69, 9.17) is 46.4 Å². The molecule has 6 rings (SSSR count). The van der Waals surface area contributed by atoms with Crippen LogP contribution < -0.4 is 0 Å². The van der Waals surface area contributed by atoms with Crippen LogP contribution in [0.15, 0.2) is 11.1 Å². The van der Waals surface area contributed by atoms with E-state index in [1.54, 1.807) is 0 Å². The number of halogens is 4. The normalized spacial score (nSPS) is 60.2. The summed E-state index contributed by atoms with van der Waals surface area (Å²) >= 11 is 26.6. The molecule has 0 amide bonds. The maximum atomic E-state index is 6.77. The molecular formula is C16H16Cl4. The molecule has 2 spiro atoms. The molecule has 0 heterocycles. The Bertz CT molecular complexity index is 571. The van der Waals surface area contributed by atoms with Crippen LogP contribution in [0.1, 0.15) is 25.7 Å². The molecule has 5 saturated carbocycles. The lowest BCUT2D eigenvalue weighted by atomic mass is 9.72. The SMILES string of the molecule is ClC1=C[C@@H]2[C@@H]3[C@H]4[C@H](C4(Cl)Cl)C4(CC4)[C@@H]3[C@H]([C@@H]1Cl)C21CC1. The largest absolute Gasteiger partial charge is 0.125 e. The molecule has 0 radical (unpaired) electrons. The van der Waals surface area contributed by atoms with Crippen LogP contribution >= 0.6 is 46.4 Å². The molecule has 108 valence electrons. The number of fused-ring (bicyclic) bond motifs is 7. The quantitative estimate of drug-likeness (QED) is 0.527. The smallest absolute Gasteiger partial charge is 0.117 e. The van der Waals surface area contributed by atoms with Crippen LogP contribution in [0.5, 0.6) is 0 Å². The predicted octanol–water partition coefficient (Wildman–Crippen LogP) is 5.20. The van der Waals surface area contributed by atoms with Gasteiger partial charge in [0.2, 0.25) is 0 Å². The van der Waals surface area contributed by atoms with Gasteiger partial charge in [-0.3, -0.25) is 0 Å². The summed E-state index contributed by atoms with van der Waals surface area (Å²) in [5.41, 5.74) is 0.892. The highest BCUT2D eigenvalue weighted by atomic mass is 35.5. The van der Waals surface area contributed by atoms with E-state index in [9.17, 15) is 0 Å². The topological polar surface area (TPSA) is 0 Å². The lowest BCUT2D eigenvalue weighted by molar-refractivity contribution is 0.182. The molecule has 20 heavy (non-hydrogen) atoms. The highest BCUT2D eigenvalue weighted by Crippen LogP contribution is 2.92. The zero-order valence-corrected chi connectivity index (χ0v) is 14.0. The third-order valence-electron chi connectivity index (χ3n) is 7.92. The average Bonchev–Trinajstić information content (AvgIpc) is 3.23. The van der Waals surface area contributed by atoms with Crippen molar-refractivity contribution >= 4 is 46.4 Å². The average molecular weight is 350 g/mol. The standard InChI is InChI=1S/C16H16Cl4/c17-7-5-6-8-9(11(12(7)18)14(6)1-2-14)15(3-4-15)13-10(8)16(13,19)20/h5-6,8-13H,1-4H2/t6-,8+,9+,10+,11-,12-,13+/m1/s1. The Balaban J connectivity index is 1.56. The molecule has 5 fully saturated rings. The van der Waals surface area contributed by atoms with Crippen LogP contribution in [0.25, 0.3) is 0 Å². The zero-order valence-electron chi connectivity index (χ0n) is 11.0. The van der Waals surface area contributed by atoms with E-state index in [1.165, 1.54) is 25.7 Å². The Morgan fingerprint density at radius 3 is 2.20 bits per heavy atom. The van der Waals surface area contributed by atoms with Gasteiger partial charge in [0.25, 0.3) is 0 Å². The third-order valence-corrected chi connectivity index (χ3v) is 9.88. The highest BCUT2D eigenvalue weighted by molar-refractivity contribution is 6.51. The first kappa shape index (κ1) is 12.3. The Hall–Kier alpha value is 0.900. The number of alkyl halides is 3. The fourth-order valence-electron chi connectivity index (χ4n) is 7.18. The molecule has 7 atom stereocenters. The first-order valence-corrected chi connectivity index (χ1v) is 9.41. The van der Waals surface area contributed by atoms with Crippen molar-refractivity contribution in [2.24, 2.45) is 46.3 Å². The second-order valence-electron chi connectivity index (χ2n) is 8.25. The number of hydrogen-bond acceptors (Lipinski definition) is 0. The summed E-state index contributed by atoms with van der Waals surface area (Å²) in [5.74, 6) is 3.65. The fraction of sp³-hybridized carbons (Fsp3) is 0.875. The predicted molar refractivity (Wildman–Crippen MR) is 82.3 cm³/mol. The van der Waals surface area contributed by atoms with Crippen LogP contribution in [0.2, 0.25) is 0 Å². The van der Waals surface area contributed by atoms with Crippen molar-refractivity contribution in [3.8, 4) is 0 Å². The minimum absolute atomic E-state index is 0.0421. The molecular weight excluding hydrogens is 334 g/mol.